The normalized spacial score (nSPS) is 12.0. The molecule has 1 atom stereocenters. The van der Waals surface area contributed by atoms with E-state index in [0.717, 1.165) is 12.1 Å². The number of aliphatic hydroxyl groups is 1. The molecular formula is C16H16F2O3. The van der Waals surface area contributed by atoms with Crippen LogP contribution < -0.4 is 9.47 Å². The highest BCUT2D eigenvalue weighted by Gasteiger charge is 2.17. The zero-order chi connectivity index (χ0) is 15.4. The first-order chi connectivity index (χ1) is 10.0. The number of rotatable bonds is 5. The van der Waals surface area contributed by atoms with E-state index in [-0.39, 0.29) is 12.0 Å². The van der Waals surface area contributed by atoms with Crippen LogP contribution in [-0.4, -0.2) is 19.3 Å². The average molecular weight is 294 g/mol. The lowest BCUT2D eigenvalue weighted by Gasteiger charge is -2.15. The first-order valence-electron chi connectivity index (χ1n) is 6.39. The third kappa shape index (κ3) is 3.49. The number of aliphatic hydroxyl groups excluding tert-OH is 1. The molecule has 112 valence electrons. The van der Waals surface area contributed by atoms with Crippen LogP contribution in [0.4, 0.5) is 8.78 Å². The van der Waals surface area contributed by atoms with Gasteiger partial charge in [-0.3, -0.25) is 0 Å². The Bertz CT molecular complexity index is 586. The van der Waals surface area contributed by atoms with Gasteiger partial charge in [-0.05, 0) is 29.8 Å². The molecule has 0 radical (unpaired) electrons. The number of ether oxygens (including phenoxy) is 2. The standard InChI is InChI=1S/C16H16F2O3/c1-20-11-6-10(7-12(8-11)21-2)16(19)9-13-14(17)4-3-5-15(13)18/h3-8,16,19H,9H2,1-2H3. The van der Waals surface area contributed by atoms with Crippen molar-refractivity contribution in [3.05, 3.63) is 59.2 Å². The minimum Gasteiger partial charge on any atom is -0.497 e. The van der Waals surface area contributed by atoms with Crippen molar-refractivity contribution in [2.24, 2.45) is 0 Å². The number of benzene rings is 2. The highest BCUT2D eigenvalue weighted by atomic mass is 19.1. The monoisotopic (exact) mass is 294 g/mol. The highest BCUT2D eigenvalue weighted by molar-refractivity contribution is 5.40. The van der Waals surface area contributed by atoms with Crippen LogP contribution in [0.15, 0.2) is 36.4 Å². The zero-order valence-electron chi connectivity index (χ0n) is 11.8. The molecule has 3 nitrogen and oxygen atoms in total. The van der Waals surface area contributed by atoms with Gasteiger partial charge in [0.1, 0.15) is 23.1 Å². The molecule has 1 unspecified atom stereocenters. The van der Waals surface area contributed by atoms with Gasteiger partial charge in [0, 0.05) is 18.1 Å². The second-order valence-corrected chi connectivity index (χ2v) is 4.57. The Morgan fingerprint density at radius 1 is 1.00 bits per heavy atom. The maximum Gasteiger partial charge on any atom is 0.129 e. The van der Waals surface area contributed by atoms with Gasteiger partial charge < -0.3 is 14.6 Å². The lowest BCUT2D eigenvalue weighted by Crippen LogP contribution is -2.06. The second kappa shape index (κ2) is 6.54. The fraction of sp³-hybridized carbons (Fsp3) is 0.250. The minimum absolute atomic E-state index is 0.146. The molecule has 5 heteroatoms. The van der Waals surface area contributed by atoms with E-state index in [0.29, 0.717) is 17.1 Å². The molecule has 0 heterocycles. The molecule has 2 aromatic carbocycles. The van der Waals surface area contributed by atoms with E-state index >= 15 is 0 Å². The van der Waals surface area contributed by atoms with Crippen LogP contribution in [0.1, 0.15) is 17.2 Å². The quantitative estimate of drug-likeness (QED) is 0.920. The van der Waals surface area contributed by atoms with E-state index in [1.54, 1.807) is 18.2 Å². The Morgan fingerprint density at radius 2 is 1.52 bits per heavy atom. The van der Waals surface area contributed by atoms with E-state index in [4.69, 9.17) is 9.47 Å². The highest BCUT2D eigenvalue weighted by Crippen LogP contribution is 2.29. The summed E-state index contributed by atoms with van der Waals surface area (Å²) in [6, 6.07) is 8.47. The molecule has 0 aliphatic carbocycles. The van der Waals surface area contributed by atoms with E-state index in [9.17, 15) is 13.9 Å². The lowest BCUT2D eigenvalue weighted by molar-refractivity contribution is 0.175. The van der Waals surface area contributed by atoms with Crippen LogP contribution >= 0.6 is 0 Å². The summed E-state index contributed by atoms with van der Waals surface area (Å²) < 4.78 is 37.4. The van der Waals surface area contributed by atoms with Crippen LogP contribution in [0.3, 0.4) is 0 Å². The first kappa shape index (κ1) is 15.3. The Morgan fingerprint density at radius 3 is 2.00 bits per heavy atom. The summed E-state index contributed by atoms with van der Waals surface area (Å²) >= 11 is 0. The van der Waals surface area contributed by atoms with Gasteiger partial charge >= 0.3 is 0 Å². The Hall–Kier alpha value is -2.14. The van der Waals surface area contributed by atoms with Crippen LogP contribution in [0.2, 0.25) is 0 Å². The Balaban J connectivity index is 2.30. The van der Waals surface area contributed by atoms with Gasteiger partial charge in [0.25, 0.3) is 0 Å². The molecule has 21 heavy (non-hydrogen) atoms. The minimum atomic E-state index is -1.07. The predicted octanol–water partition coefficient (Wildman–Crippen LogP) is 3.26. The second-order valence-electron chi connectivity index (χ2n) is 4.57. The number of halogens is 2. The van der Waals surface area contributed by atoms with Crippen LogP contribution in [-0.2, 0) is 6.42 Å². The average Bonchev–Trinajstić information content (AvgIpc) is 2.50. The summed E-state index contributed by atoms with van der Waals surface area (Å²) in [6.45, 7) is 0. The third-order valence-electron chi connectivity index (χ3n) is 3.22. The molecule has 0 bridgehead atoms. The maximum absolute atomic E-state index is 13.6. The van der Waals surface area contributed by atoms with Crippen molar-refractivity contribution in [1.29, 1.82) is 0 Å². The smallest absolute Gasteiger partial charge is 0.129 e. The molecule has 0 saturated carbocycles. The van der Waals surface area contributed by atoms with Gasteiger partial charge in [0.2, 0.25) is 0 Å². The molecule has 0 aliphatic rings. The lowest BCUT2D eigenvalue weighted by atomic mass is 10.00. The van der Waals surface area contributed by atoms with Crippen molar-refractivity contribution < 1.29 is 23.4 Å². The Labute approximate surface area is 121 Å². The predicted molar refractivity (Wildman–Crippen MR) is 74.6 cm³/mol. The van der Waals surface area contributed by atoms with Gasteiger partial charge in [0.05, 0.1) is 20.3 Å². The van der Waals surface area contributed by atoms with Crippen LogP contribution in [0.5, 0.6) is 11.5 Å². The molecule has 2 aromatic rings. The topological polar surface area (TPSA) is 38.7 Å². The van der Waals surface area contributed by atoms with Crippen molar-refractivity contribution in [3.8, 4) is 11.5 Å². The van der Waals surface area contributed by atoms with Crippen molar-refractivity contribution in [2.45, 2.75) is 12.5 Å². The van der Waals surface area contributed by atoms with E-state index in [1.807, 2.05) is 0 Å². The molecule has 0 saturated heterocycles. The number of methoxy groups -OCH3 is 2. The summed E-state index contributed by atoms with van der Waals surface area (Å²) in [4.78, 5) is 0. The molecule has 1 N–H and O–H groups in total. The summed E-state index contributed by atoms with van der Waals surface area (Å²) in [5.74, 6) is -0.359. The first-order valence-corrected chi connectivity index (χ1v) is 6.39. The summed E-state index contributed by atoms with van der Waals surface area (Å²) in [5, 5.41) is 10.2. The van der Waals surface area contributed by atoms with E-state index in [2.05, 4.69) is 0 Å². The molecule has 0 fully saturated rings. The molecule has 0 aliphatic heterocycles. The fourth-order valence-electron chi connectivity index (χ4n) is 2.06. The van der Waals surface area contributed by atoms with Crippen molar-refractivity contribution in [2.75, 3.05) is 14.2 Å². The Kier molecular flexibility index (Phi) is 4.75. The SMILES string of the molecule is COc1cc(OC)cc(C(O)Cc2c(F)cccc2F)c1. The molecule has 0 amide bonds. The number of hydrogen-bond donors (Lipinski definition) is 1. The van der Waals surface area contributed by atoms with Crippen LogP contribution in [0.25, 0.3) is 0 Å². The molecule has 0 spiro atoms. The van der Waals surface area contributed by atoms with Gasteiger partial charge in [-0.1, -0.05) is 6.07 Å². The van der Waals surface area contributed by atoms with Gasteiger partial charge in [-0.15, -0.1) is 0 Å². The van der Waals surface area contributed by atoms with E-state index in [1.165, 1.54) is 20.3 Å². The fourth-order valence-corrected chi connectivity index (χ4v) is 2.06. The molecule has 2 rings (SSSR count). The molecular weight excluding hydrogens is 278 g/mol. The van der Waals surface area contributed by atoms with Gasteiger partial charge in [-0.2, -0.15) is 0 Å². The maximum atomic E-state index is 13.6. The van der Waals surface area contributed by atoms with Crippen molar-refractivity contribution in [1.82, 2.24) is 0 Å². The summed E-state index contributed by atoms with van der Waals surface area (Å²) in [6.07, 6.45) is -1.24. The van der Waals surface area contributed by atoms with Gasteiger partial charge in [-0.25, -0.2) is 8.78 Å². The zero-order valence-corrected chi connectivity index (χ0v) is 11.8. The van der Waals surface area contributed by atoms with Crippen molar-refractivity contribution >= 4 is 0 Å². The van der Waals surface area contributed by atoms with E-state index < -0.39 is 17.7 Å². The van der Waals surface area contributed by atoms with Gasteiger partial charge in [0.15, 0.2) is 0 Å². The summed E-state index contributed by atoms with van der Waals surface area (Å²) in [7, 11) is 2.98. The summed E-state index contributed by atoms with van der Waals surface area (Å²) in [5.41, 5.74) is 0.320. The van der Waals surface area contributed by atoms with Crippen molar-refractivity contribution in [3.63, 3.8) is 0 Å². The molecule has 0 aromatic heterocycles. The number of hydrogen-bond acceptors (Lipinski definition) is 3. The third-order valence-corrected chi connectivity index (χ3v) is 3.22. The van der Waals surface area contributed by atoms with Crippen LogP contribution in [0, 0.1) is 11.6 Å². The largest absolute Gasteiger partial charge is 0.497 e.